The Labute approximate surface area is 568 Å². The van der Waals surface area contributed by atoms with Crippen LogP contribution in [0.25, 0.3) is 27.8 Å². The van der Waals surface area contributed by atoms with Crippen LogP contribution in [0.4, 0.5) is 0 Å². The maximum Gasteiger partial charge on any atom is 1.00 e. The first-order chi connectivity index (χ1) is 41.4. The third-order valence-electron chi connectivity index (χ3n) is 12.9. The van der Waals surface area contributed by atoms with E-state index < -0.39 is 11.5 Å². The number of nitrogens with two attached hydrogens (primary N) is 1. The van der Waals surface area contributed by atoms with Gasteiger partial charge in [0, 0.05) is 46.8 Å². The maximum absolute atomic E-state index is 12.5. The normalized spacial score (nSPS) is 12.8. The van der Waals surface area contributed by atoms with Crippen molar-refractivity contribution in [3.63, 3.8) is 0 Å². The number of pyridine rings is 1. The summed E-state index contributed by atoms with van der Waals surface area (Å²) >= 11 is 5.12. The van der Waals surface area contributed by atoms with Crippen molar-refractivity contribution in [1.29, 1.82) is 10.5 Å². The molecular formula is C70H81KN4O9S3. The van der Waals surface area contributed by atoms with E-state index in [4.69, 9.17) is 19.5 Å². The molecule has 454 valence electrons. The Balaban J connectivity index is 0.000000245. The van der Waals surface area contributed by atoms with E-state index in [2.05, 4.69) is 61.8 Å². The van der Waals surface area contributed by atoms with Crippen LogP contribution in [0.15, 0.2) is 126 Å². The molecule has 0 aliphatic heterocycles. The van der Waals surface area contributed by atoms with E-state index >= 15 is 0 Å². The number of nitrogens with one attached hydrogen (secondary N) is 1. The smallest absolute Gasteiger partial charge is 0.850 e. The fourth-order valence-electron chi connectivity index (χ4n) is 7.74. The number of thiophene rings is 3. The van der Waals surface area contributed by atoms with Gasteiger partial charge in [0.25, 0.3) is 5.56 Å². The quantitative estimate of drug-likeness (QED) is 0.0201. The molecule has 0 unspecified atom stereocenters. The number of ketones is 2. The van der Waals surface area contributed by atoms with Crippen LogP contribution in [-0.2, 0) is 4.79 Å². The molecule has 3 fully saturated rings. The summed E-state index contributed by atoms with van der Waals surface area (Å²) in [5.74, 6) is 4.26. The zero-order chi connectivity index (χ0) is 62.4. The number of primary amides is 1. The number of nitrogens with zero attached hydrogens (tertiary/aromatic N) is 2. The molecule has 3 N–H and O–H groups in total. The van der Waals surface area contributed by atoms with Crippen LogP contribution in [0.1, 0.15) is 205 Å². The third-order valence-corrected chi connectivity index (χ3v) is 16.6. The monoisotopic (exact) mass is 1260 g/mol. The van der Waals surface area contributed by atoms with Gasteiger partial charge in [-0.25, -0.2) is 0 Å². The van der Waals surface area contributed by atoms with Gasteiger partial charge in [0.05, 0.1) is 30.8 Å². The van der Waals surface area contributed by atoms with Gasteiger partial charge in [0.2, 0.25) is 5.91 Å². The summed E-state index contributed by atoms with van der Waals surface area (Å²) in [7, 11) is 0. The van der Waals surface area contributed by atoms with E-state index in [0.717, 1.165) is 113 Å². The summed E-state index contributed by atoms with van der Waals surface area (Å²) in [5.41, 5.74) is 7.36. The molecule has 0 bridgehead atoms. The van der Waals surface area contributed by atoms with Crippen LogP contribution < -0.4 is 82.0 Å². The van der Waals surface area contributed by atoms with Gasteiger partial charge in [-0.3, -0.25) is 24.0 Å². The van der Waals surface area contributed by atoms with Crippen LogP contribution in [0.3, 0.4) is 0 Å². The molecule has 0 radical (unpaired) electrons. The largest absolute Gasteiger partial charge is 1.00 e. The molecule has 13 nitrogen and oxygen atoms in total. The van der Waals surface area contributed by atoms with Gasteiger partial charge in [-0.1, -0.05) is 60.8 Å². The standard InChI is InChI=1S/C23H22N2O2S.C20H22O2S.C12H16O2.C8H8OS.C4H9O.C3H4N2O.K/c1-2-3-12-27-17-8-6-15(7-9-17)20-13-18(19(14-24)23(26)25-20)22-11-10-21(28-22)16-4-5-16;1-2-3-14-22-17-8-6-15(7-9-17)19(21)12-10-18-11-13-20(23-18)16-4-5-16;1-3-4-9-14-12-7-5-11(6-8-12)10(2)13;9-5-7-3-4-8(10-7)6-1-2-6;1-4(2,3)5;4-2-1-3(5)6;/h6-11,13,16H,2-5,12H2,1H3,(H,25,26);6-13,16H,2-5,14H2,1H3;5-8H,3-4,9H2,1-2H3;3-6H,1-2H2;1-3H3;1H2,(H2,5,6);/q;;;;-1;;+1/b;12-10+;;;;;. The number of carbonyl (C=O) groups is 4. The number of aldehydes is 1. The van der Waals surface area contributed by atoms with E-state index in [1.165, 1.54) is 53.2 Å². The number of aromatic nitrogens is 1. The molecule has 4 aromatic heterocycles. The molecule has 87 heavy (non-hydrogen) atoms. The number of aromatic amines is 1. The zero-order valence-electron chi connectivity index (χ0n) is 51.6. The number of benzene rings is 3. The first-order valence-electron chi connectivity index (χ1n) is 29.6. The third kappa shape index (κ3) is 28.3. The maximum atomic E-state index is 12.5. The van der Waals surface area contributed by atoms with E-state index in [-0.39, 0.29) is 80.5 Å². The number of allylic oxidation sites excluding steroid dienone is 1. The first-order valence-corrected chi connectivity index (χ1v) is 32.0. The Hall–Kier alpha value is -6.09. The Morgan fingerprint density at radius 2 is 1.08 bits per heavy atom. The predicted octanol–water partition coefficient (Wildman–Crippen LogP) is 13.4. The number of unbranched alkanes of at least 4 members (excludes halogenated alkanes) is 3. The summed E-state index contributed by atoms with van der Waals surface area (Å²) in [5, 5.41) is 27.3. The van der Waals surface area contributed by atoms with Crippen molar-refractivity contribution in [2.45, 2.75) is 155 Å². The van der Waals surface area contributed by atoms with Crippen molar-refractivity contribution in [1.82, 2.24) is 4.98 Å². The molecule has 3 aromatic carbocycles. The molecule has 4 heterocycles. The summed E-state index contributed by atoms with van der Waals surface area (Å²) in [6.45, 7) is 15.0. The van der Waals surface area contributed by atoms with Crippen molar-refractivity contribution >= 4 is 63.8 Å². The molecule has 3 aliphatic rings. The van der Waals surface area contributed by atoms with Crippen molar-refractivity contribution in [3.8, 4) is 51.1 Å². The number of rotatable bonds is 23. The summed E-state index contributed by atoms with van der Waals surface area (Å²) < 4.78 is 16.8. The number of hydrogen-bond donors (Lipinski definition) is 2. The first kappa shape index (κ1) is 73.4. The predicted molar refractivity (Wildman–Crippen MR) is 347 cm³/mol. The number of amides is 1. The molecule has 7 aromatic rings. The molecule has 0 atom stereocenters. The molecule has 17 heteroatoms. The Kier molecular flexibility index (Phi) is 32.9. The topological polar surface area (TPSA) is 225 Å². The van der Waals surface area contributed by atoms with E-state index in [1.807, 2.05) is 84.9 Å². The minimum absolute atomic E-state index is 0. The number of Topliss-reactive ketones (excluding diaryl/α,β-unsaturated/α-hetero) is 1. The van der Waals surface area contributed by atoms with Crippen LogP contribution in [0.5, 0.6) is 17.2 Å². The number of hydrogen-bond acceptors (Lipinski definition) is 14. The van der Waals surface area contributed by atoms with Crippen LogP contribution in [0.2, 0.25) is 0 Å². The Bertz CT molecular complexity index is 3400. The fraction of sp³-hybridized carbons (Fsp3) is 0.386. The van der Waals surface area contributed by atoms with Crippen LogP contribution >= 0.6 is 34.0 Å². The Morgan fingerprint density at radius 1 is 0.655 bits per heavy atom. The van der Waals surface area contributed by atoms with Crippen molar-refractivity contribution in [2.75, 3.05) is 19.8 Å². The van der Waals surface area contributed by atoms with Gasteiger partial charge >= 0.3 is 51.4 Å². The SMILES string of the molecule is CC(C)(C)[O-].CCCCOc1ccc(-c2cc(-c3ccc(C4CC4)s3)c(C#N)c(=O)[nH]2)cc1.CCCCOc1ccc(C(=O)/C=C/c2ccc(C3CC3)s2)cc1.CCCCOc1ccc(C(C)=O)cc1.N#CCC(N)=O.O=Cc1ccc(C2CC2)s1.[K+]. The second-order valence-electron chi connectivity index (χ2n) is 21.9. The minimum Gasteiger partial charge on any atom is -0.850 e. The zero-order valence-corrected chi connectivity index (χ0v) is 57.2. The molecular weight excluding hydrogens is 1180 g/mol. The molecule has 1 amide bonds. The summed E-state index contributed by atoms with van der Waals surface area (Å²) in [6.07, 6.45) is 18.5. The summed E-state index contributed by atoms with van der Waals surface area (Å²) in [6, 6.07) is 40.4. The van der Waals surface area contributed by atoms with E-state index in [9.17, 15) is 34.3 Å². The van der Waals surface area contributed by atoms with Crippen molar-refractivity contribution in [3.05, 3.63) is 173 Å². The van der Waals surface area contributed by atoms with Gasteiger partial charge in [-0.2, -0.15) is 10.5 Å². The molecule has 10 rings (SSSR count). The summed E-state index contributed by atoms with van der Waals surface area (Å²) in [4.78, 5) is 65.6. The number of H-pyrrole nitrogens is 1. The van der Waals surface area contributed by atoms with E-state index in [0.29, 0.717) is 29.3 Å². The minimum atomic E-state index is -0.750. The second-order valence-corrected chi connectivity index (χ2v) is 25.3. The van der Waals surface area contributed by atoms with Crippen molar-refractivity contribution < 1.29 is 89.9 Å². The number of ether oxygens (including phenoxy) is 3. The molecule has 0 saturated heterocycles. The van der Waals surface area contributed by atoms with Gasteiger partial charge in [0.1, 0.15) is 35.3 Å². The number of nitriles is 2. The van der Waals surface area contributed by atoms with Gasteiger partial charge < -0.3 is 30.0 Å². The van der Waals surface area contributed by atoms with Crippen LogP contribution in [0, 0.1) is 22.7 Å². The fourth-order valence-corrected chi connectivity index (χ4v) is 11.0. The average molecular weight is 1260 g/mol. The second kappa shape index (κ2) is 39.0. The average Bonchev–Trinajstić information content (AvgIpc) is 2.32. The molecule has 3 aliphatic carbocycles. The van der Waals surface area contributed by atoms with E-state index in [1.54, 1.807) is 86.0 Å². The van der Waals surface area contributed by atoms with Crippen molar-refractivity contribution in [2.24, 2.45) is 5.73 Å². The van der Waals surface area contributed by atoms with Gasteiger partial charge in [0.15, 0.2) is 17.9 Å². The molecule has 3 saturated carbocycles. The van der Waals surface area contributed by atoms with Gasteiger partial charge in [-0.05, 0) is 215 Å². The van der Waals surface area contributed by atoms with Gasteiger partial charge in [-0.15, -0.1) is 39.6 Å². The molecule has 0 spiro atoms. The Morgan fingerprint density at radius 3 is 1.47 bits per heavy atom. The number of carbonyl (C=O) groups excluding carboxylic acids is 4. The van der Waals surface area contributed by atoms with Crippen LogP contribution in [-0.4, -0.2) is 54.2 Å².